The zero-order chi connectivity index (χ0) is 22.5. The Hall–Kier alpha value is -4.21. The number of halogens is 1. The van der Waals surface area contributed by atoms with Gasteiger partial charge in [0, 0.05) is 0 Å². The maximum atomic E-state index is 13.2. The molecule has 2 aromatic carbocycles. The minimum atomic E-state index is -0.942. The number of ether oxygens (including phenoxy) is 3. The molecule has 0 aromatic heterocycles. The highest BCUT2D eigenvalue weighted by atomic mass is 19.1. The Morgan fingerprint density at radius 2 is 1.77 bits per heavy atom. The number of carbonyl (C=O) groups is 4. The number of amides is 4. The molecule has 1 N–H and O–H groups in total. The van der Waals surface area contributed by atoms with Gasteiger partial charge in [0.15, 0.2) is 18.1 Å². The number of nitrogens with one attached hydrogen (secondary N) is 1. The molecule has 2 aromatic rings. The standard InChI is InChI=1S/C21H17FN2O7/c1-29-17-10-12(3-8-16(17)31-11-18(25)30-2)9-15-19(26)23-21(28)24(20(15)27)14-6-4-13(22)5-7-14/h3-10H,11H2,1-2H3,(H,23,26,28)/b15-9-. The van der Waals surface area contributed by atoms with Crippen molar-refractivity contribution in [2.75, 3.05) is 25.7 Å². The van der Waals surface area contributed by atoms with E-state index in [4.69, 9.17) is 9.47 Å². The van der Waals surface area contributed by atoms with E-state index >= 15 is 0 Å². The van der Waals surface area contributed by atoms with Gasteiger partial charge in [0.1, 0.15) is 11.4 Å². The summed E-state index contributed by atoms with van der Waals surface area (Å²) in [7, 11) is 2.61. The van der Waals surface area contributed by atoms with Crippen LogP contribution in [-0.4, -0.2) is 44.6 Å². The van der Waals surface area contributed by atoms with Crippen LogP contribution in [0.4, 0.5) is 14.9 Å². The number of urea groups is 1. The first-order valence-electron chi connectivity index (χ1n) is 8.88. The van der Waals surface area contributed by atoms with Crippen molar-refractivity contribution in [1.29, 1.82) is 0 Å². The van der Waals surface area contributed by atoms with Crippen molar-refractivity contribution in [1.82, 2.24) is 5.32 Å². The zero-order valence-corrected chi connectivity index (χ0v) is 16.5. The lowest BCUT2D eigenvalue weighted by Crippen LogP contribution is -2.54. The molecule has 0 radical (unpaired) electrons. The Labute approximate surface area is 176 Å². The predicted molar refractivity (Wildman–Crippen MR) is 106 cm³/mol. The molecule has 1 fully saturated rings. The number of barbiturate groups is 1. The van der Waals surface area contributed by atoms with E-state index in [2.05, 4.69) is 10.1 Å². The van der Waals surface area contributed by atoms with Gasteiger partial charge in [-0.1, -0.05) is 6.07 Å². The van der Waals surface area contributed by atoms with Crippen molar-refractivity contribution in [2.45, 2.75) is 0 Å². The van der Waals surface area contributed by atoms with Crippen LogP contribution in [0.5, 0.6) is 11.5 Å². The summed E-state index contributed by atoms with van der Waals surface area (Å²) in [4.78, 5) is 49.3. The number of hydrogen-bond donors (Lipinski definition) is 1. The normalized spacial score (nSPS) is 15.0. The van der Waals surface area contributed by atoms with E-state index in [9.17, 15) is 23.6 Å². The fourth-order valence-electron chi connectivity index (χ4n) is 2.74. The highest BCUT2D eigenvalue weighted by molar-refractivity contribution is 6.39. The molecule has 0 atom stereocenters. The molecule has 1 heterocycles. The van der Waals surface area contributed by atoms with Gasteiger partial charge < -0.3 is 14.2 Å². The van der Waals surface area contributed by atoms with E-state index in [1.54, 1.807) is 0 Å². The molecule has 31 heavy (non-hydrogen) atoms. The fraction of sp³-hybridized carbons (Fsp3) is 0.143. The number of carbonyl (C=O) groups excluding carboxylic acids is 4. The number of benzene rings is 2. The van der Waals surface area contributed by atoms with Crippen LogP contribution in [0.2, 0.25) is 0 Å². The molecular weight excluding hydrogens is 411 g/mol. The highest BCUT2D eigenvalue weighted by Gasteiger charge is 2.36. The number of methoxy groups -OCH3 is 2. The maximum Gasteiger partial charge on any atom is 0.343 e. The highest BCUT2D eigenvalue weighted by Crippen LogP contribution is 2.30. The van der Waals surface area contributed by atoms with Crippen molar-refractivity contribution >= 4 is 35.6 Å². The van der Waals surface area contributed by atoms with Crippen LogP contribution in [0, 0.1) is 5.82 Å². The van der Waals surface area contributed by atoms with Gasteiger partial charge in [0.2, 0.25) is 0 Å². The lowest BCUT2D eigenvalue weighted by Gasteiger charge is -2.26. The number of nitrogens with zero attached hydrogens (tertiary/aromatic N) is 1. The topological polar surface area (TPSA) is 111 Å². The molecule has 0 aliphatic carbocycles. The van der Waals surface area contributed by atoms with Crippen LogP contribution in [-0.2, 0) is 19.1 Å². The average molecular weight is 428 g/mol. The summed E-state index contributed by atoms with van der Waals surface area (Å²) in [5, 5.41) is 2.08. The summed E-state index contributed by atoms with van der Waals surface area (Å²) in [5.74, 6) is -2.38. The second kappa shape index (κ2) is 9.08. The molecule has 0 unspecified atom stereocenters. The van der Waals surface area contributed by atoms with Gasteiger partial charge in [-0.3, -0.25) is 14.9 Å². The van der Waals surface area contributed by atoms with Gasteiger partial charge >= 0.3 is 12.0 Å². The number of anilines is 1. The first kappa shape index (κ1) is 21.5. The second-order valence-electron chi connectivity index (χ2n) is 6.21. The summed E-state index contributed by atoms with van der Waals surface area (Å²) in [5.41, 5.74) is 0.190. The van der Waals surface area contributed by atoms with Crippen molar-refractivity contribution in [3.63, 3.8) is 0 Å². The van der Waals surface area contributed by atoms with Gasteiger partial charge in [-0.15, -0.1) is 0 Å². The molecule has 0 spiro atoms. The number of esters is 1. The summed E-state index contributed by atoms with van der Waals surface area (Å²) >= 11 is 0. The van der Waals surface area contributed by atoms with Crippen molar-refractivity contribution in [2.24, 2.45) is 0 Å². The third kappa shape index (κ3) is 4.69. The van der Waals surface area contributed by atoms with Crippen LogP contribution in [0.25, 0.3) is 6.08 Å². The van der Waals surface area contributed by atoms with E-state index < -0.39 is 29.6 Å². The predicted octanol–water partition coefficient (Wildman–Crippen LogP) is 2.05. The minimum Gasteiger partial charge on any atom is -0.493 e. The minimum absolute atomic E-state index is 0.103. The number of hydrogen-bond acceptors (Lipinski definition) is 7. The molecule has 10 heteroatoms. The van der Waals surface area contributed by atoms with Crippen LogP contribution in [0.1, 0.15) is 5.56 Å². The van der Waals surface area contributed by atoms with E-state index in [0.29, 0.717) is 5.56 Å². The lowest BCUT2D eigenvalue weighted by atomic mass is 10.1. The van der Waals surface area contributed by atoms with E-state index in [-0.39, 0.29) is 29.4 Å². The number of imide groups is 2. The summed E-state index contributed by atoms with van der Waals surface area (Å²) in [6.45, 7) is -0.330. The Bertz CT molecular complexity index is 1080. The number of rotatable bonds is 6. The van der Waals surface area contributed by atoms with E-state index in [1.807, 2.05) is 0 Å². The molecule has 1 aliphatic heterocycles. The van der Waals surface area contributed by atoms with E-state index in [0.717, 1.165) is 17.0 Å². The smallest absolute Gasteiger partial charge is 0.343 e. The zero-order valence-electron chi connectivity index (χ0n) is 16.5. The second-order valence-corrected chi connectivity index (χ2v) is 6.21. The molecule has 160 valence electrons. The van der Waals surface area contributed by atoms with Gasteiger partial charge in [-0.05, 0) is 48.0 Å². The third-order valence-electron chi connectivity index (χ3n) is 4.26. The Kier molecular flexibility index (Phi) is 6.29. The summed E-state index contributed by atoms with van der Waals surface area (Å²) in [6.07, 6.45) is 1.27. The molecule has 1 aliphatic rings. The molecule has 0 saturated carbocycles. The van der Waals surface area contributed by atoms with Gasteiger partial charge in [0.25, 0.3) is 11.8 Å². The Morgan fingerprint density at radius 3 is 2.42 bits per heavy atom. The van der Waals surface area contributed by atoms with Crippen molar-refractivity contribution in [3.8, 4) is 11.5 Å². The monoisotopic (exact) mass is 428 g/mol. The van der Waals surface area contributed by atoms with Crippen LogP contribution >= 0.6 is 0 Å². The van der Waals surface area contributed by atoms with Gasteiger partial charge in [0.05, 0.1) is 19.9 Å². The average Bonchev–Trinajstić information content (AvgIpc) is 2.76. The first-order chi connectivity index (χ1) is 14.8. The Morgan fingerprint density at radius 1 is 1.06 bits per heavy atom. The molecule has 3 rings (SSSR count). The van der Waals surface area contributed by atoms with Gasteiger partial charge in [-0.25, -0.2) is 18.9 Å². The van der Waals surface area contributed by atoms with E-state index in [1.165, 1.54) is 50.6 Å². The molecule has 9 nitrogen and oxygen atoms in total. The SMILES string of the molecule is COC(=O)COc1ccc(/C=C2/C(=O)NC(=O)N(c3ccc(F)cc3)C2=O)cc1OC. The quantitative estimate of drug-likeness (QED) is 0.426. The van der Waals surface area contributed by atoms with Gasteiger partial charge in [-0.2, -0.15) is 0 Å². The van der Waals surface area contributed by atoms with Crippen LogP contribution in [0.15, 0.2) is 48.0 Å². The Balaban J connectivity index is 1.91. The lowest BCUT2D eigenvalue weighted by molar-refractivity contribution is -0.143. The summed E-state index contributed by atoms with van der Waals surface area (Å²) in [6, 6.07) is 8.24. The molecule has 0 bridgehead atoms. The first-order valence-corrected chi connectivity index (χ1v) is 8.88. The fourth-order valence-corrected chi connectivity index (χ4v) is 2.74. The third-order valence-corrected chi connectivity index (χ3v) is 4.26. The maximum absolute atomic E-state index is 13.2. The van der Waals surface area contributed by atoms with Crippen LogP contribution in [0.3, 0.4) is 0 Å². The van der Waals surface area contributed by atoms with Crippen molar-refractivity contribution in [3.05, 3.63) is 59.4 Å². The largest absolute Gasteiger partial charge is 0.493 e. The molecule has 1 saturated heterocycles. The molecule has 4 amide bonds. The van der Waals surface area contributed by atoms with Crippen molar-refractivity contribution < 1.29 is 37.8 Å². The molecular formula is C21H17FN2O7. The summed E-state index contributed by atoms with van der Waals surface area (Å²) < 4.78 is 28.2. The van der Waals surface area contributed by atoms with Crippen LogP contribution < -0.4 is 19.7 Å².